The van der Waals surface area contributed by atoms with E-state index in [0.717, 1.165) is 21.9 Å². The maximum atomic E-state index is 14.3. The van der Waals surface area contributed by atoms with E-state index in [1.54, 1.807) is 25.7 Å². The summed E-state index contributed by atoms with van der Waals surface area (Å²) in [6.45, 7) is 9.00. The molecule has 4 N–H and O–H groups in total. The summed E-state index contributed by atoms with van der Waals surface area (Å²) >= 11 is 0. The predicted octanol–water partition coefficient (Wildman–Crippen LogP) is 5.29. The highest BCUT2D eigenvalue weighted by Crippen LogP contribution is 2.38. The minimum Gasteiger partial charge on any atom is -0.444 e. The van der Waals surface area contributed by atoms with Crippen molar-refractivity contribution in [1.29, 1.82) is 0 Å². The van der Waals surface area contributed by atoms with Crippen molar-refractivity contribution in [2.45, 2.75) is 84.0 Å². The second kappa shape index (κ2) is 12.6. The number of carbonyl (C=O) groups excluding carboxylic acids is 4. The lowest BCUT2D eigenvalue weighted by molar-refractivity contribution is -0.141. The van der Waals surface area contributed by atoms with E-state index >= 15 is 0 Å². The molecule has 1 aliphatic carbocycles. The van der Waals surface area contributed by atoms with Gasteiger partial charge in [-0.05, 0) is 87.9 Å². The molecule has 0 spiro atoms. The van der Waals surface area contributed by atoms with Gasteiger partial charge < -0.3 is 26.0 Å². The molecule has 0 saturated heterocycles. The number of nitrogens with two attached hydrogens (primary N) is 1. The van der Waals surface area contributed by atoms with Crippen LogP contribution in [0.25, 0.3) is 10.8 Å². The molecule has 0 radical (unpaired) electrons. The lowest BCUT2D eigenvalue weighted by Gasteiger charge is -2.35. The lowest BCUT2D eigenvalue weighted by atomic mass is 9.95. The topological polar surface area (TPSA) is 131 Å². The Labute approximate surface area is 246 Å². The quantitative estimate of drug-likeness (QED) is 0.304. The smallest absolute Gasteiger partial charge is 0.408 e. The Kier molecular flexibility index (Phi) is 9.19. The summed E-state index contributed by atoms with van der Waals surface area (Å²) in [6.07, 6.45) is 0.492. The molecule has 0 aromatic heterocycles. The third kappa shape index (κ3) is 7.87. The van der Waals surface area contributed by atoms with Crippen molar-refractivity contribution in [2.75, 3.05) is 5.32 Å². The molecule has 42 heavy (non-hydrogen) atoms. The molecular formula is C33H40N4O5. The van der Waals surface area contributed by atoms with Gasteiger partial charge in [-0.3, -0.25) is 14.4 Å². The molecule has 3 aromatic rings. The van der Waals surface area contributed by atoms with E-state index in [1.807, 2.05) is 74.5 Å². The molecule has 3 aromatic carbocycles. The maximum Gasteiger partial charge on any atom is 0.408 e. The van der Waals surface area contributed by atoms with Gasteiger partial charge in [-0.2, -0.15) is 0 Å². The summed E-state index contributed by atoms with van der Waals surface area (Å²) in [4.78, 5) is 54.5. The van der Waals surface area contributed by atoms with Crippen LogP contribution in [0.1, 0.15) is 69.2 Å². The molecule has 222 valence electrons. The number of hydrogen-bond acceptors (Lipinski definition) is 5. The highest BCUT2D eigenvalue weighted by Gasteiger charge is 2.44. The Morgan fingerprint density at radius 2 is 1.67 bits per heavy atom. The SMILES string of the molecule is Cc1ccc(C)c(C(C(=O)Nc2ccc3ccccc3c2)N(C(=O)C(CCC(N)=O)NC(=O)OC(C)(C)C)C2CC2)c1. The number of hydrogen-bond donors (Lipinski definition) is 3. The fraction of sp³-hybridized carbons (Fsp3) is 0.394. The molecular weight excluding hydrogens is 532 g/mol. The van der Waals surface area contributed by atoms with Crippen molar-refractivity contribution >= 4 is 40.3 Å². The van der Waals surface area contributed by atoms with Crippen molar-refractivity contribution in [1.82, 2.24) is 10.2 Å². The van der Waals surface area contributed by atoms with Crippen LogP contribution in [0.15, 0.2) is 60.7 Å². The molecule has 1 aliphatic rings. The number of nitrogens with one attached hydrogen (secondary N) is 2. The molecule has 4 rings (SSSR count). The van der Waals surface area contributed by atoms with Crippen LogP contribution < -0.4 is 16.4 Å². The van der Waals surface area contributed by atoms with Crippen LogP contribution in [-0.4, -0.2) is 46.4 Å². The number of ether oxygens (including phenoxy) is 1. The number of anilines is 1. The Balaban J connectivity index is 1.73. The molecule has 0 heterocycles. The van der Waals surface area contributed by atoms with Crippen LogP contribution >= 0.6 is 0 Å². The van der Waals surface area contributed by atoms with Crippen LogP contribution in [0.3, 0.4) is 0 Å². The lowest BCUT2D eigenvalue weighted by Crippen LogP contribution is -2.53. The van der Waals surface area contributed by atoms with Gasteiger partial charge in [0.25, 0.3) is 5.91 Å². The summed E-state index contributed by atoms with van der Waals surface area (Å²) in [5, 5.41) is 7.70. The van der Waals surface area contributed by atoms with Crippen molar-refractivity contribution in [2.24, 2.45) is 5.73 Å². The molecule has 9 heteroatoms. The number of alkyl carbamates (subject to hydrolysis) is 1. The monoisotopic (exact) mass is 572 g/mol. The number of primary amides is 1. The number of rotatable bonds is 10. The van der Waals surface area contributed by atoms with Crippen molar-refractivity contribution < 1.29 is 23.9 Å². The van der Waals surface area contributed by atoms with Crippen molar-refractivity contribution in [3.8, 4) is 0 Å². The Morgan fingerprint density at radius 3 is 2.31 bits per heavy atom. The molecule has 1 fully saturated rings. The molecule has 0 aliphatic heterocycles. The first-order valence-corrected chi connectivity index (χ1v) is 14.3. The number of nitrogens with zero attached hydrogens (tertiary/aromatic N) is 1. The van der Waals surface area contributed by atoms with Gasteiger partial charge in [0.05, 0.1) is 0 Å². The van der Waals surface area contributed by atoms with E-state index in [-0.39, 0.29) is 24.8 Å². The summed E-state index contributed by atoms with van der Waals surface area (Å²) in [7, 11) is 0. The molecule has 4 amide bonds. The van der Waals surface area contributed by atoms with Gasteiger partial charge in [-0.15, -0.1) is 0 Å². The third-order valence-corrected chi connectivity index (χ3v) is 7.14. The molecule has 1 saturated carbocycles. The van der Waals surface area contributed by atoms with E-state index in [0.29, 0.717) is 24.1 Å². The van der Waals surface area contributed by atoms with Crippen molar-refractivity contribution in [3.05, 3.63) is 77.4 Å². The molecule has 9 nitrogen and oxygen atoms in total. The number of amides is 4. The van der Waals surface area contributed by atoms with Gasteiger partial charge in [0, 0.05) is 18.2 Å². The van der Waals surface area contributed by atoms with Crippen LogP contribution in [-0.2, 0) is 19.1 Å². The Morgan fingerprint density at radius 1 is 0.976 bits per heavy atom. The highest BCUT2D eigenvalue weighted by atomic mass is 16.6. The van der Waals surface area contributed by atoms with E-state index in [1.165, 1.54) is 0 Å². The molecule has 2 atom stereocenters. The number of aryl methyl sites for hydroxylation is 2. The number of carbonyl (C=O) groups is 4. The van der Waals surface area contributed by atoms with E-state index in [4.69, 9.17) is 10.5 Å². The van der Waals surface area contributed by atoms with E-state index in [2.05, 4.69) is 10.6 Å². The Hall–Kier alpha value is -4.40. The van der Waals surface area contributed by atoms with Gasteiger partial charge in [-0.1, -0.05) is 54.1 Å². The average molecular weight is 573 g/mol. The zero-order chi connectivity index (χ0) is 30.6. The van der Waals surface area contributed by atoms with Gasteiger partial charge in [0.2, 0.25) is 11.8 Å². The summed E-state index contributed by atoms with van der Waals surface area (Å²) < 4.78 is 5.41. The van der Waals surface area contributed by atoms with E-state index < -0.39 is 35.6 Å². The summed E-state index contributed by atoms with van der Waals surface area (Å²) in [5.41, 5.74) is 7.71. The summed E-state index contributed by atoms with van der Waals surface area (Å²) in [5.74, 6) is -1.44. The van der Waals surface area contributed by atoms with Crippen LogP contribution in [0.2, 0.25) is 0 Å². The van der Waals surface area contributed by atoms with E-state index in [9.17, 15) is 19.2 Å². The van der Waals surface area contributed by atoms with Gasteiger partial charge in [-0.25, -0.2) is 4.79 Å². The van der Waals surface area contributed by atoms with Crippen molar-refractivity contribution in [3.63, 3.8) is 0 Å². The zero-order valence-corrected chi connectivity index (χ0v) is 24.9. The number of benzene rings is 3. The first-order chi connectivity index (χ1) is 19.8. The van der Waals surface area contributed by atoms with Crippen LogP contribution in [0, 0.1) is 13.8 Å². The van der Waals surface area contributed by atoms with Gasteiger partial charge in [0.1, 0.15) is 17.7 Å². The fourth-order valence-corrected chi connectivity index (χ4v) is 4.99. The highest BCUT2D eigenvalue weighted by molar-refractivity contribution is 6.01. The fourth-order valence-electron chi connectivity index (χ4n) is 4.99. The third-order valence-electron chi connectivity index (χ3n) is 7.14. The average Bonchev–Trinajstić information content (AvgIpc) is 3.74. The Bertz CT molecular complexity index is 1490. The molecule has 0 bridgehead atoms. The minimum absolute atomic E-state index is 0.0254. The molecule has 2 unspecified atom stereocenters. The predicted molar refractivity (Wildman–Crippen MR) is 163 cm³/mol. The van der Waals surface area contributed by atoms with Crippen LogP contribution in [0.5, 0.6) is 0 Å². The maximum absolute atomic E-state index is 14.3. The van der Waals surface area contributed by atoms with Crippen LogP contribution in [0.4, 0.5) is 10.5 Å². The van der Waals surface area contributed by atoms with Gasteiger partial charge in [0.15, 0.2) is 0 Å². The van der Waals surface area contributed by atoms with Gasteiger partial charge >= 0.3 is 6.09 Å². The standard InChI is InChI=1S/C33H40N4O5/c1-20-10-11-21(2)26(18-20)29(30(39)35-24-13-12-22-8-6-7-9-23(22)19-24)37(25-14-15-25)31(40)27(16-17-28(34)38)36-32(41)42-33(3,4)5/h6-13,18-19,25,27,29H,14-17H2,1-5H3,(H2,34,38)(H,35,39)(H,36,41). The first-order valence-electron chi connectivity index (χ1n) is 14.3. The largest absolute Gasteiger partial charge is 0.444 e. The first kappa shape index (κ1) is 30.6. The number of fused-ring (bicyclic) bond motifs is 1. The minimum atomic E-state index is -1.12. The zero-order valence-electron chi connectivity index (χ0n) is 24.9. The summed E-state index contributed by atoms with van der Waals surface area (Å²) in [6, 6.07) is 17.0. The normalized spacial score (nSPS) is 14.5. The second-order valence-corrected chi connectivity index (χ2v) is 12.0. The second-order valence-electron chi connectivity index (χ2n) is 12.0.